The lowest BCUT2D eigenvalue weighted by molar-refractivity contribution is 0.182. The Hall–Kier alpha value is -4.37. The molecule has 0 bridgehead atoms. The molecule has 38 heavy (non-hydrogen) atoms. The number of nitrogens with one attached hydrogen (secondary N) is 1. The topological polar surface area (TPSA) is 84.0 Å². The summed E-state index contributed by atoms with van der Waals surface area (Å²) in [5.41, 5.74) is 4.42. The Bertz CT molecular complexity index is 1750. The van der Waals surface area contributed by atoms with Crippen molar-refractivity contribution in [1.82, 2.24) is 25.3 Å². The minimum absolute atomic E-state index is 0.00487. The van der Waals surface area contributed by atoms with E-state index in [1.54, 1.807) is 6.26 Å². The Kier molecular flexibility index (Phi) is 5.51. The van der Waals surface area contributed by atoms with Crippen molar-refractivity contribution < 1.29 is 17.6 Å². The highest BCUT2D eigenvalue weighted by molar-refractivity contribution is 5.97. The number of halogens is 2. The van der Waals surface area contributed by atoms with Gasteiger partial charge in [0.2, 0.25) is 11.8 Å². The van der Waals surface area contributed by atoms with Gasteiger partial charge in [0.15, 0.2) is 0 Å². The van der Waals surface area contributed by atoms with Crippen LogP contribution in [0.15, 0.2) is 75.8 Å². The molecule has 9 heteroatoms. The van der Waals surface area contributed by atoms with E-state index in [1.165, 1.54) is 18.2 Å². The molecule has 0 unspecified atom stereocenters. The van der Waals surface area contributed by atoms with Gasteiger partial charge in [-0.3, -0.25) is 10.00 Å². The van der Waals surface area contributed by atoms with Gasteiger partial charge in [-0.25, -0.2) is 8.78 Å². The van der Waals surface area contributed by atoms with Crippen LogP contribution in [0.1, 0.15) is 30.2 Å². The normalized spacial score (nSPS) is 16.5. The lowest BCUT2D eigenvalue weighted by atomic mass is 9.97. The fraction of sp³-hybridized carbons (Fsp3) is 0.207. The van der Waals surface area contributed by atoms with Crippen LogP contribution >= 0.6 is 0 Å². The number of furan rings is 1. The third-order valence-corrected chi connectivity index (χ3v) is 7.27. The number of aromatic nitrogens is 4. The number of likely N-dealkylation sites (tertiary alicyclic amines) is 1. The van der Waals surface area contributed by atoms with Crippen LogP contribution in [0.3, 0.4) is 0 Å². The third-order valence-electron chi connectivity index (χ3n) is 7.27. The SMILES string of the molecule is Fc1cccc(F)c1CN1CCC[C@@H](c2nnc(-c3ccc4[nH]nc(-c5ccc6occc6c5)c4c3)o2)C1. The van der Waals surface area contributed by atoms with E-state index in [1.807, 2.05) is 47.4 Å². The summed E-state index contributed by atoms with van der Waals surface area (Å²) in [6.07, 6.45) is 3.43. The maximum Gasteiger partial charge on any atom is 0.247 e. The van der Waals surface area contributed by atoms with Gasteiger partial charge in [0.05, 0.1) is 23.4 Å². The van der Waals surface area contributed by atoms with Gasteiger partial charge in [0, 0.05) is 40.6 Å². The predicted molar refractivity (Wildman–Crippen MR) is 138 cm³/mol. The Labute approximate surface area is 216 Å². The molecule has 1 fully saturated rings. The second-order valence-corrected chi connectivity index (χ2v) is 9.73. The minimum Gasteiger partial charge on any atom is -0.464 e. The molecule has 1 N–H and O–H groups in total. The first kappa shape index (κ1) is 22.8. The van der Waals surface area contributed by atoms with Crippen molar-refractivity contribution in [3.8, 4) is 22.7 Å². The van der Waals surface area contributed by atoms with E-state index < -0.39 is 11.6 Å². The molecule has 1 saturated heterocycles. The molecule has 0 aliphatic carbocycles. The van der Waals surface area contributed by atoms with Crippen molar-refractivity contribution in [2.24, 2.45) is 0 Å². The summed E-state index contributed by atoms with van der Waals surface area (Å²) in [5.74, 6) is -0.0835. The van der Waals surface area contributed by atoms with E-state index in [0.717, 1.165) is 58.1 Å². The van der Waals surface area contributed by atoms with Crippen molar-refractivity contribution >= 4 is 21.9 Å². The average Bonchev–Trinajstić information content (AvgIpc) is 3.70. The van der Waals surface area contributed by atoms with E-state index >= 15 is 0 Å². The molecule has 0 amide bonds. The number of fused-ring (bicyclic) bond motifs is 2. The fourth-order valence-electron chi connectivity index (χ4n) is 5.30. The number of benzene rings is 3. The molecule has 0 saturated carbocycles. The van der Waals surface area contributed by atoms with E-state index in [9.17, 15) is 8.78 Å². The first-order chi connectivity index (χ1) is 18.6. The second-order valence-electron chi connectivity index (χ2n) is 9.73. The van der Waals surface area contributed by atoms with Crippen LogP contribution in [0.25, 0.3) is 44.6 Å². The summed E-state index contributed by atoms with van der Waals surface area (Å²) < 4.78 is 39.9. The molecule has 0 radical (unpaired) electrons. The molecule has 1 aliphatic rings. The Balaban J connectivity index is 1.14. The number of hydrogen-bond acceptors (Lipinski definition) is 6. The average molecular weight is 512 g/mol. The van der Waals surface area contributed by atoms with Crippen molar-refractivity contribution in [2.45, 2.75) is 25.3 Å². The minimum atomic E-state index is -0.522. The zero-order chi connectivity index (χ0) is 25.6. The van der Waals surface area contributed by atoms with Gasteiger partial charge in [-0.1, -0.05) is 6.07 Å². The monoisotopic (exact) mass is 511 g/mol. The summed E-state index contributed by atoms with van der Waals surface area (Å²) in [6.45, 7) is 1.56. The summed E-state index contributed by atoms with van der Waals surface area (Å²) in [7, 11) is 0. The number of hydrogen-bond donors (Lipinski definition) is 1. The number of rotatable bonds is 5. The van der Waals surface area contributed by atoms with Crippen molar-refractivity contribution in [3.05, 3.63) is 90.0 Å². The summed E-state index contributed by atoms with van der Waals surface area (Å²) in [5, 5.41) is 18.3. The molecule has 3 aromatic carbocycles. The standard InChI is InChI=1S/C29H23F2N5O2/c30-23-4-1-5-24(31)22(23)16-36-11-2-3-20(15-36)29-35-34-28(38-29)19-6-8-25-21(14-19)27(33-32-25)18-7-9-26-17(13-18)10-12-37-26/h1,4-10,12-14,20H,2-3,11,15-16H2,(H,32,33)/t20-/m1/s1. The van der Waals surface area contributed by atoms with Gasteiger partial charge >= 0.3 is 0 Å². The molecule has 0 spiro atoms. The van der Waals surface area contributed by atoms with Crippen LogP contribution in [0.5, 0.6) is 0 Å². The zero-order valence-corrected chi connectivity index (χ0v) is 20.3. The molecule has 190 valence electrons. The fourth-order valence-corrected chi connectivity index (χ4v) is 5.30. The number of H-pyrrole nitrogens is 1. The maximum atomic E-state index is 14.2. The molecular weight excluding hydrogens is 488 g/mol. The van der Waals surface area contributed by atoms with E-state index in [0.29, 0.717) is 18.3 Å². The van der Waals surface area contributed by atoms with Crippen LogP contribution in [0.2, 0.25) is 0 Å². The van der Waals surface area contributed by atoms with Gasteiger partial charge in [-0.2, -0.15) is 5.10 Å². The molecule has 4 heterocycles. The van der Waals surface area contributed by atoms with Gasteiger partial charge in [0.25, 0.3) is 0 Å². The van der Waals surface area contributed by atoms with E-state index in [2.05, 4.69) is 20.4 Å². The molecular formula is C29H23F2N5O2. The first-order valence-corrected chi connectivity index (χ1v) is 12.6. The van der Waals surface area contributed by atoms with Gasteiger partial charge in [0.1, 0.15) is 17.2 Å². The van der Waals surface area contributed by atoms with Crippen LogP contribution in [-0.2, 0) is 6.54 Å². The molecule has 1 atom stereocenters. The van der Waals surface area contributed by atoms with Gasteiger partial charge in [-0.15, -0.1) is 10.2 Å². The van der Waals surface area contributed by atoms with Crippen LogP contribution < -0.4 is 0 Å². The molecule has 6 aromatic rings. The van der Waals surface area contributed by atoms with Crippen LogP contribution in [0.4, 0.5) is 8.78 Å². The van der Waals surface area contributed by atoms with Crippen molar-refractivity contribution in [3.63, 3.8) is 0 Å². The first-order valence-electron chi connectivity index (χ1n) is 12.6. The summed E-state index contributed by atoms with van der Waals surface area (Å²) in [4.78, 5) is 2.04. The highest BCUT2D eigenvalue weighted by atomic mass is 19.1. The lowest BCUT2D eigenvalue weighted by Crippen LogP contribution is -2.34. The van der Waals surface area contributed by atoms with Gasteiger partial charge in [-0.05, 0) is 74.0 Å². The summed E-state index contributed by atoms with van der Waals surface area (Å²) >= 11 is 0. The largest absolute Gasteiger partial charge is 0.464 e. The number of aromatic amines is 1. The predicted octanol–water partition coefficient (Wildman–Crippen LogP) is 6.68. The van der Waals surface area contributed by atoms with Crippen LogP contribution in [-0.4, -0.2) is 38.4 Å². The Morgan fingerprint density at radius 2 is 1.84 bits per heavy atom. The zero-order valence-electron chi connectivity index (χ0n) is 20.3. The van der Waals surface area contributed by atoms with Gasteiger partial charge < -0.3 is 8.83 Å². The summed E-state index contributed by atoms with van der Waals surface area (Å²) in [6, 6.07) is 17.8. The maximum absolute atomic E-state index is 14.2. The third kappa shape index (κ3) is 4.05. The Morgan fingerprint density at radius 1 is 0.974 bits per heavy atom. The van der Waals surface area contributed by atoms with Crippen LogP contribution in [0, 0.1) is 11.6 Å². The molecule has 1 aliphatic heterocycles. The van der Waals surface area contributed by atoms with Crippen molar-refractivity contribution in [2.75, 3.05) is 13.1 Å². The lowest BCUT2D eigenvalue weighted by Gasteiger charge is -2.31. The molecule has 3 aromatic heterocycles. The van der Waals surface area contributed by atoms with Crippen molar-refractivity contribution in [1.29, 1.82) is 0 Å². The quantitative estimate of drug-likeness (QED) is 0.278. The van der Waals surface area contributed by atoms with E-state index in [4.69, 9.17) is 8.83 Å². The highest BCUT2D eigenvalue weighted by Crippen LogP contribution is 2.34. The Morgan fingerprint density at radius 3 is 2.74 bits per heavy atom. The smallest absolute Gasteiger partial charge is 0.247 e. The number of nitrogens with zero attached hydrogens (tertiary/aromatic N) is 4. The number of piperidine rings is 1. The second kappa shape index (κ2) is 9.18. The highest BCUT2D eigenvalue weighted by Gasteiger charge is 2.27. The molecule has 7 rings (SSSR count). The van der Waals surface area contributed by atoms with E-state index in [-0.39, 0.29) is 18.0 Å². The molecule has 7 nitrogen and oxygen atoms in total.